The molecule has 0 saturated carbocycles. The first-order chi connectivity index (χ1) is 14.4. The number of nitrogens with one attached hydrogen (secondary N) is 1. The van der Waals surface area contributed by atoms with Crippen molar-refractivity contribution in [2.45, 2.75) is 26.7 Å². The van der Waals surface area contributed by atoms with Gasteiger partial charge < -0.3 is 10.2 Å². The van der Waals surface area contributed by atoms with Crippen LogP contribution in [0.25, 0.3) is 11.1 Å². The van der Waals surface area contributed by atoms with Gasteiger partial charge in [-0.2, -0.15) is 0 Å². The molecule has 1 aliphatic rings. The molecule has 1 saturated heterocycles. The van der Waals surface area contributed by atoms with Gasteiger partial charge in [0, 0.05) is 31.1 Å². The van der Waals surface area contributed by atoms with E-state index in [-0.39, 0.29) is 23.5 Å². The van der Waals surface area contributed by atoms with E-state index in [1.807, 2.05) is 38.1 Å². The van der Waals surface area contributed by atoms with Gasteiger partial charge >= 0.3 is 0 Å². The van der Waals surface area contributed by atoms with Crippen LogP contribution in [0.15, 0.2) is 61.2 Å². The highest BCUT2D eigenvalue weighted by Crippen LogP contribution is 2.38. The molecule has 30 heavy (non-hydrogen) atoms. The Morgan fingerprint density at radius 2 is 1.83 bits per heavy atom. The summed E-state index contributed by atoms with van der Waals surface area (Å²) in [5, 5.41) is 2.93. The molecule has 2 aromatic rings. The average Bonchev–Trinajstić information content (AvgIpc) is 3.17. The number of likely N-dealkylation sites (tertiary alicyclic amines) is 1. The van der Waals surface area contributed by atoms with Crippen molar-refractivity contribution in [1.82, 2.24) is 10.2 Å². The van der Waals surface area contributed by atoms with Crippen LogP contribution < -0.4 is 5.32 Å². The van der Waals surface area contributed by atoms with Crippen molar-refractivity contribution in [2.75, 3.05) is 19.6 Å². The first kappa shape index (κ1) is 21.8. The minimum Gasteiger partial charge on any atom is -0.352 e. The van der Waals surface area contributed by atoms with Crippen molar-refractivity contribution in [3.8, 4) is 11.1 Å². The first-order valence-electron chi connectivity index (χ1n) is 10.4. The molecular weight excluding hydrogens is 379 g/mol. The molecule has 2 amide bonds. The van der Waals surface area contributed by atoms with E-state index in [4.69, 9.17) is 0 Å². The average molecular weight is 409 g/mol. The Labute approximate surface area is 177 Å². The predicted molar refractivity (Wildman–Crippen MR) is 117 cm³/mol. The second kappa shape index (κ2) is 9.24. The molecule has 1 atom stereocenters. The Balaban J connectivity index is 1.98. The van der Waals surface area contributed by atoms with E-state index in [0.717, 1.165) is 11.1 Å². The predicted octanol–water partition coefficient (Wildman–Crippen LogP) is 4.21. The van der Waals surface area contributed by atoms with Gasteiger partial charge in [0.15, 0.2) is 0 Å². The van der Waals surface area contributed by atoms with E-state index in [1.165, 1.54) is 6.07 Å². The fourth-order valence-corrected chi connectivity index (χ4v) is 4.17. The SMILES string of the molecule is C=CCNC(=O)C1(Cc2ccccc2-c2ccccc2F)CCN(C(=O)C(C)C)C1. The van der Waals surface area contributed by atoms with Gasteiger partial charge in [-0.25, -0.2) is 4.39 Å². The fourth-order valence-electron chi connectivity index (χ4n) is 4.17. The van der Waals surface area contributed by atoms with Gasteiger partial charge in [0.2, 0.25) is 11.8 Å². The highest BCUT2D eigenvalue weighted by molar-refractivity contribution is 5.86. The van der Waals surface area contributed by atoms with Crippen LogP contribution in [-0.4, -0.2) is 36.3 Å². The van der Waals surface area contributed by atoms with Gasteiger partial charge in [0.1, 0.15) is 5.82 Å². The topological polar surface area (TPSA) is 49.4 Å². The van der Waals surface area contributed by atoms with Gasteiger partial charge in [0.05, 0.1) is 5.41 Å². The molecule has 0 bridgehead atoms. The van der Waals surface area contributed by atoms with Crippen LogP contribution in [-0.2, 0) is 16.0 Å². The zero-order chi connectivity index (χ0) is 21.7. The number of hydrogen-bond donors (Lipinski definition) is 1. The standard InChI is InChI=1S/C25H29FN2O2/c1-4-14-27-24(30)25(13-15-28(17-25)23(29)18(2)3)16-19-9-5-6-10-20(19)21-11-7-8-12-22(21)26/h4-12,18H,1,13-17H2,2-3H3,(H,27,30). The summed E-state index contributed by atoms with van der Waals surface area (Å²) in [6, 6.07) is 14.3. The lowest BCUT2D eigenvalue weighted by atomic mass is 9.78. The van der Waals surface area contributed by atoms with E-state index >= 15 is 0 Å². The summed E-state index contributed by atoms with van der Waals surface area (Å²) < 4.78 is 14.5. The number of rotatable bonds is 7. The van der Waals surface area contributed by atoms with Gasteiger partial charge in [-0.15, -0.1) is 6.58 Å². The molecule has 0 radical (unpaired) electrons. The normalized spacial score (nSPS) is 18.5. The molecule has 1 N–H and O–H groups in total. The minimum absolute atomic E-state index is 0.0517. The third-order valence-corrected chi connectivity index (χ3v) is 5.76. The van der Waals surface area contributed by atoms with Crippen LogP contribution >= 0.6 is 0 Å². The molecule has 1 aliphatic heterocycles. The number of hydrogen-bond acceptors (Lipinski definition) is 2. The largest absolute Gasteiger partial charge is 0.352 e. The minimum atomic E-state index is -0.755. The number of carbonyl (C=O) groups excluding carboxylic acids is 2. The lowest BCUT2D eigenvalue weighted by Gasteiger charge is -2.29. The zero-order valence-corrected chi connectivity index (χ0v) is 17.7. The van der Waals surface area contributed by atoms with Gasteiger partial charge in [-0.1, -0.05) is 62.4 Å². The van der Waals surface area contributed by atoms with E-state index < -0.39 is 5.41 Å². The monoisotopic (exact) mass is 408 g/mol. The molecular formula is C25H29FN2O2. The number of amides is 2. The zero-order valence-electron chi connectivity index (χ0n) is 17.7. The maximum absolute atomic E-state index is 14.5. The molecule has 0 aromatic heterocycles. The number of nitrogens with zero attached hydrogens (tertiary/aromatic N) is 1. The highest BCUT2D eigenvalue weighted by atomic mass is 19.1. The Bertz CT molecular complexity index is 940. The van der Waals surface area contributed by atoms with Gasteiger partial charge in [-0.3, -0.25) is 9.59 Å². The van der Waals surface area contributed by atoms with E-state index in [2.05, 4.69) is 11.9 Å². The van der Waals surface area contributed by atoms with Crippen molar-refractivity contribution in [3.63, 3.8) is 0 Å². The summed E-state index contributed by atoms with van der Waals surface area (Å²) in [4.78, 5) is 27.6. The lowest BCUT2D eigenvalue weighted by molar-refractivity contribution is -0.135. The van der Waals surface area contributed by atoms with Crippen LogP contribution in [0.2, 0.25) is 0 Å². The Morgan fingerprint density at radius 1 is 1.17 bits per heavy atom. The molecule has 158 valence electrons. The summed E-state index contributed by atoms with van der Waals surface area (Å²) >= 11 is 0. The summed E-state index contributed by atoms with van der Waals surface area (Å²) in [6.07, 6.45) is 2.65. The highest BCUT2D eigenvalue weighted by Gasteiger charge is 2.46. The maximum Gasteiger partial charge on any atom is 0.228 e. The second-order valence-electron chi connectivity index (χ2n) is 8.26. The molecule has 1 fully saturated rings. The van der Waals surface area contributed by atoms with E-state index in [9.17, 15) is 14.0 Å². The summed E-state index contributed by atoms with van der Waals surface area (Å²) in [7, 11) is 0. The molecule has 0 aliphatic carbocycles. The van der Waals surface area contributed by atoms with Crippen molar-refractivity contribution in [3.05, 3.63) is 72.6 Å². The number of benzene rings is 2. The molecule has 1 unspecified atom stereocenters. The molecule has 5 heteroatoms. The molecule has 3 rings (SSSR count). The summed E-state index contributed by atoms with van der Waals surface area (Å²) in [6.45, 7) is 8.68. The third-order valence-electron chi connectivity index (χ3n) is 5.76. The van der Waals surface area contributed by atoms with E-state index in [1.54, 1.807) is 29.2 Å². The molecule has 2 aromatic carbocycles. The Hall–Kier alpha value is -2.95. The van der Waals surface area contributed by atoms with Crippen LogP contribution in [0.1, 0.15) is 25.8 Å². The van der Waals surface area contributed by atoms with Gasteiger partial charge in [0.25, 0.3) is 0 Å². The molecule has 0 spiro atoms. The van der Waals surface area contributed by atoms with Crippen LogP contribution in [0.4, 0.5) is 4.39 Å². The fraction of sp³-hybridized carbons (Fsp3) is 0.360. The second-order valence-corrected chi connectivity index (χ2v) is 8.26. The van der Waals surface area contributed by atoms with Crippen LogP contribution in [0, 0.1) is 17.2 Å². The summed E-state index contributed by atoms with van der Waals surface area (Å²) in [5.74, 6) is -0.457. The molecule has 1 heterocycles. The lowest BCUT2D eigenvalue weighted by Crippen LogP contribution is -2.45. The smallest absolute Gasteiger partial charge is 0.228 e. The maximum atomic E-state index is 14.5. The van der Waals surface area contributed by atoms with Crippen molar-refractivity contribution < 1.29 is 14.0 Å². The van der Waals surface area contributed by atoms with E-state index in [0.29, 0.717) is 38.0 Å². The van der Waals surface area contributed by atoms with Crippen molar-refractivity contribution >= 4 is 11.8 Å². The first-order valence-corrected chi connectivity index (χ1v) is 10.4. The third kappa shape index (κ3) is 4.45. The Morgan fingerprint density at radius 3 is 2.50 bits per heavy atom. The van der Waals surface area contributed by atoms with Gasteiger partial charge in [-0.05, 0) is 30.0 Å². The van der Waals surface area contributed by atoms with Crippen molar-refractivity contribution in [2.24, 2.45) is 11.3 Å². The van der Waals surface area contributed by atoms with Crippen LogP contribution in [0.5, 0.6) is 0 Å². The quantitative estimate of drug-likeness (QED) is 0.698. The Kier molecular flexibility index (Phi) is 6.70. The molecule has 4 nitrogen and oxygen atoms in total. The van der Waals surface area contributed by atoms with Crippen LogP contribution in [0.3, 0.4) is 0 Å². The van der Waals surface area contributed by atoms with Crippen molar-refractivity contribution in [1.29, 1.82) is 0 Å². The number of carbonyl (C=O) groups is 2. The number of halogens is 1. The summed E-state index contributed by atoms with van der Waals surface area (Å²) in [5.41, 5.74) is 1.44.